The molecule has 0 radical (unpaired) electrons. The van der Waals surface area contributed by atoms with E-state index in [1.54, 1.807) is 19.1 Å². The molecule has 27 heavy (non-hydrogen) atoms. The van der Waals surface area contributed by atoms with Gasteiger partial charge >= 0.3 is 0 Å². The molecule has 0 bridgehead atoms. The number of aryl methyl sites for hydroxylation is 2. The quantitative estimate of drug-likeness (QED) is 0.698. The van der Waals surface area contributed by atoms with Gasteiger partial charge in [0.15, 0.2) is 5.78 Å². The first-order chi connectivity index (χ1) is 12.8. The molecule has 0 saturated heterocycles. The Morgan fingerprint density at radius 2 is 2.00 bits per heavy atom. The molecular weight excluding hydrogens is 364 g/mol. The number of aliphatic hydroxyl groups excluding tert-OH is 1. The summed E-state index contributed by atoms with van der Waals surface area (Å²) >= 11 is 0. The number of nitrogens with one attached hydrogen (secondary N) is 1. The summed E-state index contributed by atoms with van der Waals surface area (Å²) in [6, 6.07) is 12.4. The lowest BCUT2D eigenvalue weighted by Gasteiger charge is -2.24. The minimum atomic E-state index is -3.84. The van der Waals surface area contributed by atoms with E-state index in [9.17, 15) is 18.3 Å². The lowest BCUT2D eigenvalue weighted by atomic mass is 9.83. The van der Waals surface area contributed by atoms with Gasteiger partial charge in [0, 0.05) is 24.6 Å². The largest absolute Gasteiger partial charge is 0.387 e. The van der Waals surface area contributed by atoms with Crippen LogP contribution < -0.4 is 10.5 Å². The number of carbonyl (C=O) groups is 1. The predicted octanol–water partition coefficient (Wildman–Crippen LogP) is 1.71. The summed E-state index contributed by atoms with van der Waals surface area (Å²) in [5, 5.41) is 18.7. The molecule has 0 saturated carbocycles. The Hall–Kier alpha value is -2.06. The smallest absolute Gasteiger partial charge is 0.238 e. The number of hydrogen-bond acceptors (Lipinski definition) is 5. The fourth-order valence-electron chi connectivity index (χ4n) is 3.50. The summed E-state index contributed by atoms with van der Waals surface area (Å²) in [5.74, 6) is 0.00999. The number of rotatable bonds is 6. The Kier molecular flexibility index (Phi) is 5.76. The van der Waals surface area contributed by atoms with Crippen molar-refractivity contribution in [2.24, 2.45) is 11.1 Å². The van der Waals surface area contributed by atoms with Gasteiger partial charge in [-0.2, -0.15) is 0 Å². The molecule has 1 aliphatic carbocycles. The van der Waals surface area contributed by atoms with Gasteiger partial charge in [0.25, 0.3) is 0 Å². The third-order valence-corrected chi connectivity index (χ3v) is 6.10. The Balaban J connectivity index is 1.61. The third-order valence-electron chi connectivity index (χ3n) is 5.05. The van der Waals surface area contributed by atoms with E-state index in [1.165, 1.54) is 6.07 Å². The van der Waals surface area contributed by atoms with E-state index in [1.807, 2.05) is 24.3 Å². The van der Waals surface area contributed by atoms with E-state index in [2.05, 4.69) is 5.32 Å². The lowest BCUT2D eigenvalue weighted by molar-refractivity contribution is 0.0895. The maximum atomic E-state index is 12.6. The molecule has 2 atom stereocenters. The number of fused-ring (bicyclic) bond motifs is 1. The average molecular weight is 388 g/mol. The summed E-state index contributed by atoms with van der Waals surface area (Å²) in [6.45, 7) is 2.34. The van der Waals surface area contributed by atoms with Gasteiger partial charge in [-0.25, -0.2) is 13.6 Å². The van der Waals surface area contributed by atoms with Gasteiger partial charge in [0.05, 0.1) is 11.0 Å². The molecule has 2 aromatic carbocycles. The van der Waals surface area contributed by atoms with Crippen molar-refractivity contribution in [2.45, 2.75) is 30.8 Å². The number of carbonyl (C=O) groups excluding carboxylic acids is 1. The first-order valence-electron chi connectivity index (χ1n) is 8.91. The Bertz CT molecular complexity index is 956. The first kappa shape index (κ1) is 19.7. The van der Waals surface area contributed by atoms with Gasteiger partial charge in [-0.05, 0) is 42.5 Å². The van der Waals surface area contributed by atoms with E-state index in [0.29, 0.717) is 17.7 Å². The standard InChI is InChI=1S/C20H24N2O4S/c1-13-6-7-15(10-19(13)27(21,25)26)18(23)12-22-11-16-9-8-14-4-2-3-5-17(14)20(16)24/h2-7,10,16,18,22-23H,8-9,11-12H2,1H3,(H2,21,25,26)/t16?,18-/m0/s1. The molecule has 0 fully saturated rings. The monoisotopic (exact) mass is 388 g/mol. The van der Waals surface area contributed by atoms with Crippen LogP contribution in [0.5, 0.6) is 0 Å². The van der Waals surface area contributed by atoms with E-state index in [0.717, 1.165) is 24.0 Å². The summed E-state index contributed by atoms with van der Waals surface area (Å²) in [6.07, 6.45) is 0.753. The van der Waals surface area contributed by atoms with E-state index in [-0.39, 0.29) is 23.1 Å². The van der Waals surface area contributed by atoms with E-state index in [4.69, 9.17) is 5.14 Å². The van der Waals surface area contributed by atoms with Crippen molar-refractivity contribution in [3.63, 3.8) is 0 Å². The maximum Gasteiger partial charge on any atom is 0.238 e. The second kappa shape index (κ2) is 7.90. The van der Waals surface area contributed by atoms with Crippen LogP contribution in [0.4, 0.5) is 0 Å². The van der Waals surface area contributed by atoms with Crippen molar-refractivity contribution in [3.05, 3.63) is 64.7 Å². The van der Waals surface area contributed by atoms with Gasteiger partial charge in [0.1, 0.15) is 0 Å². The molecule has 0 aliphatic heterocycles. The van der Waals surface area contributed by atoms with Crippen LogP contribution in [0.1, 0.15) is 39.6 Å². The molecule has 2 aromatic rings. The highest BCUT2D eigenvalue weighted by atomic mass is 32.2. The normalized spacial score (nSPS) is 18.2. The summed E-state index contributed by atoms with van der Waals surface area (Å²) < 4.78 is 23.3. The van der Waals surface area contributed by atoms with E-state index < -0.39 is 16.1 Å². The first-order valence-corrected chi connectivity index (χ1v) is 10.5. The molecule has 1 aliphatic rings. The fraction of sp³-hybridized carbons (Fsp3) is 0.350. The molecule has 0 spiro atoms. The van der Waals surface area contributed by atoms with Gasteiger partial charge < -0.3 is 10.4 Å². The number of nitrogens with two attached hydrogens (primary N) is 1. The Labute approximate surface area is 159 Å². The van der Waals surface area contributed by atoms with Gasteiger partial charge in [-0.15, -0.1) is 0 Å². The zero-order valence-electron chi connectivity index (χ0n) is 15.2. The molecule has 6 nitrogen and oxygen atoms in total. The highest BCUT2D eigenvalue weighted by Crippen LogP contribution is 2.25. The molecule has 4 N–H and O–H groups in total. The number of Topliss-reactive ketones (excluding diaryl/α,β-unsaturated/α-hetero) is 1. The van der Waals surface area contributed by atoms with Crippen LogP contribution >= 0.6 is 0 Å². The zero-order chi connectivity index (χ0) is 19.6. The highest BCUT2D eigenvalue weighted by Gasteiger charge is 2.26. The molecule has 0 aromatic heterocycles. The van der Waals surface area contributed by atoms with Crippen LogP contribution in [-0.2, 0) is 16.4 Å². The highest BCUT2D eigenvalue weighted by molar-refractivity contribution is 7.89. The zero-order valence-corrected chi connectivity index (χ0v) is 16.0. The van der Waals surface area contributed by atoms with Crippen molar-refractivity contribution in [2.75, 3.05) is 13.1 Å². The second-order valence-corrected chi connectivity index (χ2v) is 8.53. The molecular formula is C20H24N2O4S. The number of primary sulfonamides is 1. The molecule has 0 heterocycles. The lowest BCUT2D eigenvalue weighted by Crippen LogP contribution is -2.34. The van der Waals surface area contributed by atoms with Crippen molar-refractivity contribution in [1.29, 1.82) is 0 Å². The summed E-state index contributed by atoms with van der Waals surface area (Å²) in [7, 11) is -3.84. The van der Waals surface area contributed by atoms with E-state index >= 15 is 0 Å². The summed E-state index contributed by atoms with van der Waals surface area (Å²) in [5.41, 5.74) is 2.88. The van der Waals surface area contributed by atoms with Gasteiger partial charge in [-0.3, -0.25) is 4.79 Å². The van der Waals surface area contributed by atoms with Crippen LogP contribution in [0.3, 0.4) is 0 Å². The fourth-order valence-corrected chi connectivity index (χ4v) is 4.31. The molecule has 3 rings (SSSR count). The van der Waals surface area contributed by atoms with Crippen molar-refractivity contribution in [3.8, 4) is 0 Å². The molecule has 1 unspecified atom stereocenters. The van der Waals surface area contributed by atoms with Crippen LogP contribution in [0, 0.1) is 12.8 Å². The van der Waals surface area contributed by atoms with Gasteiger partial charge in [-0.1, -0.05) is 36.4 Å². The van der Waals surface area contributed by atoms with Crippen LogP contribution in [0.2, 0.25) is 0 Å². The number of aliphatic hydroxyl groups is 1. The molecule has 7 heteroatoms. The maximum absolute atomic E-state index is 12.6. The topological polar surface area (TPSA) is 109 Å². The van der Waals surface area contributed by atoms with Crippen LogP contribution in [0.25, 0.3) is 0 Å². The van der Waals surface area contributed by atoms with Gasteiger partial charge in [0.2, 0.25) is 10.0 Å². The third kappa shape index (κ3) is 4.44. The Morgan fingerprint density at radius 1 is 1.26 bits per heavy atom. The number of ketones is 1. The molecule has 0 amide bonds. The van der Waals surface area contributed by atoms with Crippen molar-refractivity contribution < 1.29 is 18.3 Å². The SMILES string of the molecule is Cc1ccc([C@@H](O)CNCC2CCc3ccccc3C2=O)cc1S(N)(=O)=O. The number of hydrogen-bond donors (Lipinski definition) is 3. The number of benzene rings is 2. The minimum Gasteiger partial charge on any atom is -0.387 e. The molecule has 144 valence electrons. The van der Waals surface area contributed by atoms with Crippen LogP contribution in [-0.4, -0.2) is 32.4 Å². The van der Waals surface area contributed by atoms with Crippen molar-refractivity contribution in [1.82, 2.24) is 5.32 Å². The second-order valence-electron chi connectivity index (χ2n) is 7.00. The number of sulfonamides is 1. The minimum absolute atomic E-state index is 0.0121. The van der Waals surface area contributed by atoms with Crippen molar-refractivity contribution >= 4 is 15.8 Å². The Morgan fingerprint density at radius 3 is 2.74 bits per heavy atom. The average Bonchev–Trinajstić information content (AvgIpc) is 2.63. The van der Waals surface area contributed by atoms with Crippen LogP contribution in [0.15, 0.2) is 47.4 Å². The summed E-state index contributed by atoms with van der Waals surface area (Å²) in [4.78, 5) is 12.6. The predicted molar refractivity (Wildman–Crippen MR) is 103 cm³/mol.